The summed E-state index contributed by atoms with van der Waals surface area (Å²) in [6.45, 7) is 6.09. The highest BCUT2D eigenvalue weighted by Gasteiger charge is 2.27. The number of anilines is 1. The molecule has 0 atom stereocenters. The monoisotopic (exact) mass is 413 g/mol. The Labute approximate surface area is 177 Å². The van der Waals surface area contributed by atoms with Gasteiger partial charge in [0.15, 0.2) is 0 Å². The number of piperazine rings is 1. The van der Waals surface area contributed by atoms with Crippen LogP contribution in [0.1, 0.15) is 11.1 Å². The van der Waals surface area contributed by atoms with Gasteiger partial charge in [-0.3, -0.25) is 0 Å². The van der Waals surface area contributed by atoms with Gasteiger partial charge in [-0.1, -0.05) is 30.3 Å². The Balaban J connectivity index is 1.70. The van der Waals surface area contributed by atoms with Crippen molar-refractivity contribution in [3.05, 3.63) is 64.8 Å². The van der Waals surface area contributed by atoms with E-state index in [4.69, 9.17) is 16.3 Å². The molecule has 4 N–H and O–H groups in total. The Bertz CT molecular complexity index is 972. The molecule has 3 aromatic rings. The first kappa shape index (κ1) is 20.0. The van der Waals surface area contributed by atoms with Crippen molar-refractivity contribution in [3.8, 4) is 5.75 Å². The molecule has 0 radical (unpaired) electrons. The maximum atomic E-state index is 6.77. The summed E-state index contributed by atoms with van der Waals surface area (Å²) >= 11 is 6.77. The van der Waals surface area contributed by atoms with Gasteiger partial charge in [-0.25, -0.2) is 0 Å². The molecule has 1 saturated heterocycles. The lowest BCUT2D eigenvalue weighted by molar-refractivity contribution is -0.880. The van der Waals surface area contributed by atoms with Crippen molar-refractivity contribution in [3.63, 3.8) is 0 Å². The highest BCUT2D eigenvalue weighted by Crippen LogP contribution is 2.34. The minimum atomic E-state index is 0.730. The van der Waals surface area contributed by atoms with Gasteiger partial charge < -0.3 is 19.9 Å². The van der Waals surface area contributed by atoms with E-state index in [0.29, 0.717) is 0 Å². The summed E-state index contributed by atoms with van der Waals surface area (Å²) in [4.78, 5) is 7.48. The van der Waals surface area contributed by atoms with Crippen LogP contribution in [0.2, 0.25) is 5.15 Å². The molecule has 0 amide bonds. The fourth-order valence-electron chi connectivity index (χ4n) is 4.07. The molecule has 4 rings (SSSR count). The molecule has 6 heteroatoms. The fourth-order valence-corrected chi connectivity index (χ4v) is 4.34. The molecule has 0 unspecified atom stereocenters. The molecular formula is C23H30ClN4O+3. The number of rotatable bonds is 6. The number of hydrogen-bond acceptors (Lipinski definition) is 2. The number of H-pyrrole nitrogens is 1. The lowest BCUT2D eigenvalue weighted by Gasteiger charge is -2.33. The number of quaternary nitrogens is 2. The SMILES string of the molecule is COc1ccc2[nH+]c(Cl)c(C[NH2+]Cc3ccccc3)c(N3CC[NH+](C)CC3)c2c1. The van der Waals surface area contributed by atoms with E-state index in [0.717, 1.165) is 55.7 Å². The Morgan fingerprint density at radius 1 is 1.10 bits per heavy atom. The predicted molar refractivity (Wildman–Crippen MR) is 117 cm³/mol. The lowest BCUT2D eigenvalue weighted by atomic mass is 10.1. The summed E-state index contributed by atoms with van der Waals surface area (Å²) in [5.74, 6) is 0.869. The number of benzene rings is 2. The minimum absolute atomic E-state index is 0.730. The molecule has 29 heavy (non-hydrogen) atoms. The Morgan fingerprint density at radius 2 is 1.86 bits per heavy atom. The van der Waals surface area contributed by atoms with Crippen molar-refractivity contribution in [2.45, 2.75) is 13.1 Å². The Morgan fingerprint density at radius 3 is 2.59 bits per heavy atom. The number of hydrogen-bond donors (Lipinski definition) is 2. The molecule has 1 aliphatic heterocycles. The first-order valence-electron chi connectivity index (χ1n) is 10.3. The van der Waals surface area contributed by atoms with E-state index in [9.17, 15) is 0 Å². The summed E-state index contributed by atoms with van der Waals surface area (Å²) in [6.07, 6.45) is 0. The van der Waals surface area contributed by atoms with Crippen molar-refractivity contribution < 1.29 is 19.9 Å². The predicted octanol–water partition coefficient (Wildman–Crippen LogP) is 0.914. The van der Waals surface area contributed by atoms with E-state index in [1.807, 2.05) is 6.07 Å². The molecule has 1 fully saturated rings. The number of likely N-dealkylation sites (N-methyl/N-ethyl adjacent to an activating group) is 1. The van der Waals surface area contributed by atoms with Gasteiger partial charge in [0.25, 0.3) is 5.15 Å². The highest BCUT2D eigenvalue weighted by atomic mass is 35.5. The van der Waals surface area contributed by atoms with E-state index >= 15 is 0 Å². The summed E-state index contributed by atoms with van der Waals surface area (Å²) in [5.41, 5.74) is 4.78. The van der Waals surface area contributed by atoms with Crippen LogP contribution in [-0.2, 0) is 13.1 Å². The van der Waals surface area contributed by atoms with E-state index < -0.39 is 0 Å². The van der Waals surface area contributed by atoms with Gasteiger partial charge >= 0.3 is 0 Å². The Hall–Kier alpha value is -2.34. The fraction of sp³-hybridized carbons (Fsp3) is 0.348. The third-order valence-electron chi connectivity index (χ3n) is 5.78. The van der Waals surface area contributed by atoms with Crippen molar-refractivity contribution in [2.75, 3.05) is 45.2 Å². The van der Waals surface area contributed by atoms with Crippen molar-refractivity contribution in [1.29, 1.82) is 0 Å². The van der Waals surface area contributed by atoms with E-state index in [-0.39, 0.29) is 0 Å². The number of nitrogens with one attached hydrogen (secondary N) is 2. The molecule has 0 saturated carbocycles. The number of pyridine rings is 1. The topological polar surface area (TPSA) is 47.7 Å². The summed E-state index contributed by atoms with van der Waals surface area (Å²) in [5, 5.41) is 4.23. The molecule has 0 aliphatic carbocycles. The maximum absolute atomic E-state index is 6.77. The molecular weight excluding hydrogens is 384 g/mol. The maximum Gasteiger partial charge on any atom is 0.284 e. The van der Waals surface area contributed by atoms with Gasteiger partial charge in [0.2, 0.25) is 5.52 Å². The third-order valence-corrected chi connectivity index (χ3v) is 6.10. The second kappa shape index (κ2) is 8.99. The molecule has 1 aliphatic rings. The molecule has 0 spiro atoms. The number of ether oxygens (including phenoxy) is 1. The summed E-state index contributed by atoms with van der Waals surface area (Å²) in [6, 6.07) is 16.7. The molecule has 1 aromatic heterocycles. The average molecular weight is 414 g/mol. The van der Waals surface area contributed by atoms with Crippen LogP contribution in [0.3, 0.4) is 0 Å². The van der Waals surface area contributed by atoms with Crippen LogP contribution < -0.4 is 24.8 Å². The van der Waals surface area contributed by atoms with Gasteiger partial charge in [0.05, 0.1) is 51.4 Å². The number of methoxy groups -OCH3 is 1. The second-order valence-electron chi connectivity index (χ2n) is 7.80. The molecule has 5 nitrogen and oxygen atoms in total. The van der Waals surface area contributed by atoms with Crippen LogP contribution in [0.25, 0.3) is 10.9 Å². The first-order chi connectivity index (χ1) is 14.2. The van der Waals surface area contributed by atoms with Gasteiger partial charge in [-0.05, 0) is 23.7 Å². The van der Waals surface area contributed by atoms with Crippen LogP contribution in [-0.4, -0.2) is 40.3 Å². The van der Waals surface area contributed by atoms with E-state index in [1.54, 1.807) is 12.0 Å². The van der Waals surface area contributed by atoms with Gasteiger partial charge in [-0.2, -0.15) is 4.98 Å². The van der Waals surface area contributed by atoms with Crippen molar-refractivity contribution in [1.82, 2.24) is 0 Å². The van der Waals surface area contributed by atoms with Crippen LogP contribution >= 0.6 is 11.6 Å². The van der Waals surface area contributed by atoms with Crippen molar-refractivity contribution >= 4 is 28.2 Å². The standard InChI is InChI=1S/C23H27ClN4O/c1-27-10-12-28(13-11-27)22-19-14-18(29-2)8-9-21(19)26-23(24)20(22)16-25-15-17-6-4-3-5-7-17/h3-9,14,25H,10-13,15-16H2,1-2H3/p+3. The first-order valence-corrected chi connectivity index (χ1v) is 10.7. The zero-order valence-corrected chi connectivity index (χ0v) is 17.9. The zero-order valence-electron chi connectivity index (χ0n) is 17.2. The highest BCUT2D eigenvalue weighted by molar-refractivity contribution is 6.30. The molecule has 0 bridgehead atoms. The summed E-state index contributed by atoms with van der Waals surface area (Å²) < 4.78 is 5.51. The van der Waals surface area contributed by atoms with Crippen LogP contribution in [0.4, 0.5) is 5.69 Å². The summed E-state index contributed by atoms with van der Waals surface area (Å²) in [7, 11) is 3.98. The largest absolute Gasteiger partial charge is 0.497 e. The van der Waals surface area contributed by atoms with Crippen molar-refractivity contribution in [2.24, 2.45) is 0 Å². The number of aromatic amines is 1. The quantitative estimate of drug-likeness (QED) is 0.590. The Kier molecular flexibility index (Phi) is 6.19. The zero-order chi connectivity index (χ0) is 20.2. The number of nitrogens with two attached hydrogens (primary N) is 1. The smallest absolute Gasteiger partial charge is 0.284 e. The van der Waals surface area contributed by atoms with Crippen LogP contribution in [0, 0.1) is 0 Å². The number of nitrogens with zero attached hydrogens (tertiary/aromatic N) is 1. The van der Waals surface area contributed by atoms with Crippen LogP contribution in [0.5, 0.6) is 5.75 Å². The lowest BCUT2D eigenvalue weighted by Crippen LogP contribution is -3.12. The molecule has 152 valence electrons. The molecule has 2 heterocycles. The van der Waals surface area contributed by atoms with Gasteiger partial charge in [-0.15, -0.1) is 0 Å². The number of fused-ring (bicyclic) bond motifs is 1. The second-order valence-corrected chi connectivity index (χ2v) is 8.18. The van der Waals surface area contributed by atoms with Gasteiger partial charge in [0, 0.05) is 11.6 Å². The van der Waals surface area contributed by atoms with E-state index in [2.05, 4.69) is 64.7 Å². The van der Waals surface area contributed by atoms with Gasteiger partial charge in [0.1, 0.15) is 24.4 Å². The number of halogens is 1. The van der Waals surface area contributed by atoms with Crippen LogP contribution in [0.15, 0.2) is 48.5 Å². The third kappa shape index (κ3) is 4.47. The minimum Gasteiger partial charge on any atom is -0.497 e. The van der Waals surface area contributed by atoms with E-state index in [1.165, 1.54) is 22.2 Å². The molecule has 2 aromatic carbocycles. The number of aromatic nitrogens is 1. The normalized spacial score (nSPS) is 15.1. The average Bonchev–Trinajstić information content (AvgIpc) is 2.75.